The number of amides is 1. The largest absolute Gasteiger partial charge is 0.339 e. The van der Waals surface area contributed by atoms with Crippen molar-refractivity contribution in [3.63, 3.8) is 0 Å². The van der Waals surface area contributed by atoms with Gasteiger partial charge in [0.25, 0.3) is 5.91 Å². The zero-order valence-electron chi connectivity index (χ0n) is 11.3. The van der Waals surface area contributed by atoms with Gasteiger partial charge in [-0.2, -0.15) is 5.10 Å². The van der Waals surface area contributed by atoms with E-state index in [0.29, 0.717) is 0 Å². The molecule has 0 radical (unpaired) electrons. The Morgan fingerprint density at radius 3 is 2.60 bits per heavy atom. The van der Waals surface area contributed by atoms with E-state index in [1.54, 1.807) is 4.68 Å². The van der Waals surface area contributed by atoms with Crippen LogP contribution in [0.15, 0.2) is 35.1 Å². The maximum absolute atomic E-state index is 12.5. The van der Waals surface area contributed by atoms with Crippen molar-refractivity contribution >= 4 is 21.8 Å². The normalized spacial score (nSPS) is 14.8. The van der Waals surface area contributed by atoms with Gasteiger partial charge in [0, 0.05) is 41.9 Å². The lowest BCUT2D eigenvalue weighted by Crippen LogP contribution is -2.27. The maximum atomic E-state index is 12.5. The second kappa shape index (κ2) is 5.40. The number of carbonyl (C=O) groups excluding carboxylic acids is 1. The lowest BCUT2D eigenvalue weighted by Gasteiger charge is -2.16. The van der Waals surface area contributed by atoms with Crippen molar-refractivity contribution in [3.8, 4) is 11.1 Å². The number of likely N-dealkylation sites (tertiary alicyclic amines) is 1. The molecule has 0 atom stereocenters. The molecule has 1 fully saturated rings. The van der Waals surface area contributed by atoms with E-state index >= 15 is 0 Å². The average Bonchev–Trinajstić information content (AvgIpc) is 3.08. The van der Waals surface area contributed by atoms with Crippen LogP contribution in [0, 0.1) is 0 Å². The molecule has 1 aliphatic rings. The standard InChI is InChI=1S/C15H16BrN3O/c1-18-10-13(9-17-18)11-6-12(8-14(16)7-11)15(20)19-4-2-3-5-19/h6-10H,2-5H2,1H3. The Kier molecular flexibility index (Phi) is 3.61. The average molecular weight is 334 g/mol. The molecule has 0 unspecified atom stereocenters. The summed E-state index contributed by atoms with van der Waals surface area (Å²) in [5.74, 6) is 0.119. The SMILES string of the molecule is Cn1cc(-c2cc(Br)cc(C(=O)N3CCCC3)c2)cn1. The van der Waals surface area contributed by atoms with Crippen molar-refractivity contribution in [1.29, 1.82) is 0 Å². The number of aryl methyl sites for hydroxylation is 1. The van der Waals surface area contributed by atoms with Crippen LogP contribution in [0.4, 0.5) is 0 Å². The van der Waals surface area contributed by atoms with Crippen LogP contribution in [-0.4, -0.2) is 33.7 Å². The van der Waals surface area contributed by atoms with Crippen LogP contribution < -0.4 is 0 Å². The molecule has 0 aliphatic carbocycles. The summed E-state index contributed by atoms with van der Waals surface area (Å²) in [5.41, 5.74) is 2.76. The lowest BCUT2D eigenvalue weighted by atomic mass is 10.1. The van der Waals surface area contributed by atoms with Crippen LogP contribution in [0.1, 0.15) is 23.2 Å². The van der Waals surface area contributed by atoms with Gasteiger partial charge in [-0.3, -0.25) is 9.48 Å². The Balaban J connectivity index is 1.96. The summed E-state index contributed by atoms with van der Waals surface area (Å²) in [6, 6.07) is 5.85. The Labute approximate surface area is 126 Å². The van der Waals surface area contributed by atoms with Gasteiger partial charge in [0.1, 0.15) is 0 Å². The molecule has 4 nitrogen and oxygen atoms in total. The van der Waals surface area contributed by atoms with Crippen molar-refractivity contribution < 1.29 is 4.79 Å². The summed E-state index contributed by atoms with van der Waals surface area (Å²) >= 11 is 3.50. The predicted octanol–water partition coefficient (Wildman–Crippen LogP) is 3.09. The molecule has 0 N–H and O–H groups in total. The highest BCUT2D eigenvalue weighted by molar-refractivity contribution is 9.10. The maximum Gasteiger partial charge on any atom is 0.253 e. The number of rotatable bonds is 2. The van der Waals surface area contributed by atoms with E-state index < -0.39 is 0 Å². The minimum absolute atomic E-state index is 0.119. The van der Waals surface area contributed by atoms with Crippen LogP contribution in [0.25, 0.3) is 11.1 Å². The van der Waals surface area contributed by atoms with Crippen LogP contribution >= 0.6 is 15.9 Å². The first-order valence-electron chi connectivity index (χ1n) is 6.72. The Morgan fingerprint density at radius 1 is 1.20 bits per heavy atom. The summed E-state index contributed by atoms with van der Waals surface area (Å²) in [5, 5.41) is 4.18. The number of benzene rings is 1. The fraction of sp³-hybridized carbons (Fsp3) is 0.333. The molecule has 1 saturated heterocycles. The summed E-state index contributed by atoms with van der Waals surface area (Å²) in [4.78, 5) is 14.4. The molecule has 0 spiro atoms. The molecule has 1 amide bonds. The third-order valence-electron chi connectivity index (χ3n) is 3.58. The highest BCUT2D eigenvalue weighted by Gasteiger charge is 2.20. The van der Waals surface area contributed by atoms with Gasteiger partial charge in [-0.05, 0) is 36.6 Å². The highest BCUT2D eigenvalue weighted by Crippen LogP contribution is 2.26. The molecule has 104 valence electrons. The van der Waals surface area contributed by atoms with E-state index in [0.717, 1.165) is 47.1 Å². The molecule has 2 aromatic rings. The third kappa shape index (κ3) is 2.63. The smallest absolute Gasteiger partial charge is 0.253 e. The Bertz CT molecular complexity index is 644. The molecule has 0 saturated carbocycles. The van der Waals surface area contributed by atoms with Crippen LogP contribution in [0.3, 0.4) is 0 Å². The number of hydrogen-bond donors (Lipinski definition) is 0. The van der Waals surface area contributed by atoms with Crippen LogP contribution in [0.5, 0.6) is 0 Å². The van der Waals surface area contributed by atoms with E-state index in [4.69, 9.17) is 0 Å². The van der Waals surface area contributed by atoms with Gasteiger partial charge in [0.05, 0.1) is 6.20 Å². The fourth-order valence-corrected chi connectivity index (χ4v) is 3.05. The predicted molar refractivity (Wildman–Crippen MR) is 81.5 cm³/mol. The topological polar surface area (TPSA) is 38.1 Å². The Hall–Kier alpha value is -1.62. The van der Waals surface area contributed by atoms with E-state index in [1.165, 1.54) is 0 Å². The minimum Gasteiger partial charge on any atom is -0.339 e. The first kappa shape index (κ1) is 13.4. The van der Waals surface area contributed by atoms with Crippen LogP contribution in [-0.2, 0) is 7.05 Å². The Morgan fingerprint density at radius 2 is 1.95 bits per heavy atom. The molecular formula is C15H16BrN3O. The van der Waals surface area contributed by atoms with E-state index in [2.05, 4.69) is 21.0 Å². The third-order valence-corrected chi connectivity index (χ3v) is 4.03. The van der Waals surface area contributed by atoms with Gasteiger partial charge in [0.15, 0.2) is 0 Å². The molecule has 5 heteroatoms. The molecule has 1 aromatic heterocycles. The number of carbonyl (C=O) groups is 1. The summed E-state index contributed by atoms with van der Waals surface area (Å²) in [6.45, 7) is 1.74. The monoisotopic (exact) mass is 333 g/mol. The second-order valence-corrected chi connectivity index (χ2v) is 6.05. The van der Waals surface area contributed by atoms with Gasteiger partial charge >= 0.3 is 0 Å². The van der Waals surface area contributed by atoms with E-state index in [9.17, 15) is 4.79 Å². The minimum atomic E-state index is 0.119. The first-order valence-corrected chi connectivity index (χ1v) is 7.52. The van der Waals surface area contributed by atoms with Gasteiger partial charge in [-0.25, -0.2) is 0 Å². The van der Waals surface area contributed by atoms with Crippen molar-refractivity contribution in [1.82, 2.24) is 14.7 Å². The van der Waals surface area contributed by atoms with Gasteiger partial charge in [-0.1, -0.05) is 15.9 Å². The van der Waals surface area contributed by atoms with E-state index in [-0.39, 0.29) is 5.91 Å². The highest BCUT2D eigenvalue weighted by atomic mass is 79.9. The second-order valence-electron chi connectivity index (χ2n) is 5.13. The molecule has 0 bridgehead atoms. The molecular weight excluding hydrogens is 318 g/mol. The number of hydrogen-bond acceptors (Lipinski definition) is 2. The fourth-order valence-electron chi connectivity index (χ4n) is 2.55. The summed E-state index contributed by atoms with van der Waals surface area (Å²) < 4.78 is 2.68. The summed E-state index contributed by atoms with van der Waals surface area (Å²) in [6.07, 6.45) is 5.97. The molecule has 1 aromatic carbocycles. The van der Waals surface area contributed by atoms with Crippen molar-refractivity contribution in [2.24, 2.45) is 7.05 Å². The number of nitrogens with zero attached hydrogens (tertiary/aromatic N) is 3. The number of aromatic nitrogens is 2. The molecule has 3 rings (SSSR count). The summed E-state index contributed by atoms with van der Waals surface area (Å²) in [7, 11) is 1.89. The van der Waals surface area contributed by atoms with Crippen LogP contribution in [0.2, 0.25) is 0 Å². The van der Waals surface area contributed by atoms with Gasteiger partial charge < -0.3 is 4.90 Å². The zero-order chi connectivity index (χ0) is 14.1. The zero-order valence-corrected chi connectivity index (χ0v) is 12.9. The molecule has 2 heterocycles. The quantitative estimate of drug-likeness (QED) is 0.846. The van der Waals surface area contributed by atoms with Crippen molar-refractivity contribution in [2.45, 2.75) is 12.8 Å². The van der Waals surface area contributed by atoms with E-state index in [1.807, 2.05) is 42.5 Å². The van der Waals surface area contributed by atoms with Gasteiger partial charge in [-0.15, -0.1) is 0 Å². The molecule has 20 heavy (non-hydrogen) atoms. The van der Waals surface area contributed by atoms with Crippen molar-refractivity contribution in [2.75, 3.05) is 13.1 Å². The van der Waals surface area contributed by atoms with Crippen molar-refractivity contribution in [3.05, 3.63) is 40.6 Å². The van der Waals surface area contributed by atoms with Gasteiger partial charge in [0.2, 0.25) is 0 Å². The number of halogens is 1. The lowest BCUT2D eigenvalue weighted by molar-refractivity contribution is 0.0793. The molecule has 1 aliphatic heterocycles. The first-order chi connectivity index (χ1) is 9.63.